The van der Waals surface area contributed by atoms with Gasteiger partial charge in [0, 0.05) is 37.9 Å². The van der Waals surface area contributed by atoms with Gasteiger partial charge in [0.15, 0.2) is 11.5 Å². The maximum Gasteiger partial charge on any atom is 0.286 e. The predicted octanol–water partition coefficient (Wildman–Crippen LogP) is 1.87. The zero-order chi connectivity index (χ0) is 19.5. The van der Waals surface area contributed by atoms with Crippen LogP contribution < -0.4 is 14.8 Å². The fourth-order valence-corrected chi connectivity index (χ4v) is 4.15. The van der Waals surface area contributed by atoms with E-state index in [9.17, 15) is 9.59 Å². The predicted molar refractivity (Wildman–Crippen MR) is 101 cm³/mol. The summed E-state index contributed by atoms with van der Waals surface area (Å²) in [5.74, 6) is 1.16. The van der Waals surface area contributed by atoms with Crippen LogP contribution in [0.15, 0.2) is 18.2 Å². The van der Waals surface area contributed by atoms with E-state index >= 15 is 0 Å². The number of anilines is 1. The van der Waals surface area contributed by atoms with Crippen LogP contribution in [0.4, 0.5) is 5.69 Å². The van der Waals surface area contributed by atoms with E-state index < -0.39 is 0 Å². The van der Waals surface area contributed by atoms with Crippen LogP contribution in [0.3, 0.4) is 0 Å². The lowest BCUT2D eigenvalue weighted by Crippen LogP contribution is -2.39. The number of hydrogen-bond acceptors (Lipinski definition) is 8. The zero-order valence-electron chi connectivity index (χ0n) is 15.3. The molecule has 10 heteroatoms. The molecule has 4 rings (SSSR count). The lowest BCUT2D eigenvalue weighted by molar-refractivity contribution is -0.136. The van der Waals surface area contributed by atoms with Crippen molar-refractivity contribution in [3.8, 4) is 11.5 Å². The van der Waals surface area contributed by atoms with Gasteiger partial charge in [-0.25, -0.2) is 0 Å². The minimum absolute atomic E-state index is 0.00186. The number of amides is 2. The van der Waals surface area contributed by atoms with Gasteiger partial charge in [-0.05, 0) is 25.0 Å². The molecule has 2 aromatic rings. The summed E-state index contributed by atoms with van der Waals surface area (Å²) < 4.78 is 15.5. The summed E-state index contributed by atoms with van der Waals surface area (Å²) in [4.78, 5) is 26.2. The number of methoxy groups -OCH3 is 1. The van der Waals surface area contributed by atoms with Gasteiger partial charge in [0.2, 0.25) is 17.7 Å². The summed E-state index contributed by atoms with van der Waals surface area (Å²) in [6.07, 6.45) is 1.60. The second-order valence-electron chi connectivity index (χ2n) is 6.56. The van der Waals surface area contributed by atoms with Crippen molar-refractivity contribution in [2.24, 2.45) is 0 Å². The Morgan fingerprint density at radius 2 is 2.04 bits per heavy atom. The molecule has 0 bridgehead atoms. The van der Waals surface area contributed by atoms with Gasteiger partial charge >= 0.3 is 0 Å². The van der Waals surface area contributed by atoms with Gasteiger partial charge in [0.25, 0.3) is 5.91 Å². The Hall–Kier alpha value is -2.72. The van der Waals surface area contributed by atoms with Crippen LogP contribution in [0.2, 0.25) is 0 Å². The van der Waals surface area contributed by atoms with Crippen LogP contribution in [0.25, 0.3) is 0 Å². The van der Waals surface area contributed by atoms with E-state index in [0.717, 1.165) is 17.8 Å². The first-order valence-electron chi connectivity index (χ1n) is 8.95. The molecule has 1 saturated heterocycles. The fourth-order valence-electron chi connectivity index (χ4n) is 3.24. The highest BCUT2D eigenvalue weighted by molar-refractivity contribution is 7.13. The molecule has 1 aromatic carbocycles. The van der Waals surface area contributed by atoms with Crippen molar-refractivity contribution in [3.05, 3.63) is 28.2 Å². The Morgan fingerprint density at radius 1 is 1.25 bits per heavy atom. The monoisotopic (exact) mass is 404 g/mol. The number of fused-ring (bicyclic) bond motifs is 1. The highest BCUT2D eigenvalue weighted by atomic mass is 32.1. The molecule has 1 aromatic heterocycles. The molecule has 0 saturated carbocycles. The van der Waals surface area contributed by atoms with Crippen LogP contribution in [0.5, 0.6) is 11.5 Å². The van der Waals surface area contributed by atoms with E-state index in [1.807, 2.05) is 0 Å². The largest absolute Gasteiger partial charge is 0.454 e. The molecule has 0 unspecified atom stereocenters. The van der Waals surface area contributed by atoms with Gasteiger partial charge in [-0.1, -0.05) is 11.3 Å². The molecule has 2 amide bonds. The second kappa shape index (κ2) is 8.11. The van der Waals surface area contributed by atoms with Crippen molar-refractivity contribution in [2.45, 2.75) is 18.8 Å². The minimum Gasteiger partial charge on any atom is -0.454 e. The number of carbonyl (C=O) groups excluding carboxylic acids is 2. The van der Waals surface area contributed by atoms with Crippen molar-refractivity contribution >= 4 is 28.8 Å². The summed E-state index contributed by atoms with van der Waals surface area (Å²) in [5, 5.41) is 12.2. The van der Waals surface area contributed by atoms with Gasteiger partial charge in [-0.3, -0.25) is 9.59 Å². The summed E-state index contributed by atoms with van der Waals surface area (Å²) in [5.41, 5.74) is 0.607. The Bertz CT molecular complexity index is 879. The molecule has 1 N–H and O–H groups in total. The standard InChI is InChI=1S/C18H20N4O5S/c1-25-9-15(23)22-6-4-11(5-7-22)17-20-21-18(28-17)16(24)19-12-2-3-13-14(8-12)27-10-26-13/h2-3,8,11H,4-7,9-10H2,1H3,(H,19,24). The van der Waals surface area contributed by atoms with E-state index in [4.69, 9.17) is 14.2 Å². The highest BCUT2D eigenvalue weighted by Crippen LogP contribution is 2.35. The van der Waals surface area contributed by atoms with Gasteiger partial charge in [0.1, 0.15) is 11.6 Å². The first-order valence-corrected chi connectivity index (χ1v) is 9.77. The maximum atomic E-state index is 12.5. The van der Waals surface area contributed by atoms with Crippen LogP contribution in [0.1, 0.15) is 33.6 Å². The van der Waals surface area contributed by atoms with Crippen LogP contribution >= 0.6 is 11.3 Å². The SMILES string of the molecule is COCC(=O)N1CCC(c2nnc(C(=O)Nc3ccc4c(c3)OCO4)s2)CC1. The topological polar surface area (TPSA) is 103 Å². The number of nitrogens with zero attached hydrogens (tertiary/aromatic N) is 3. The molecule has 0 aliphatic carbocycles. The van der Waals surface area contributed by atoms with E-state index in [0.29, 0.717) is 35.3 Å². The number of carbonyl (C=O) groups is 2. The summed E-state index contributed by atoms with van der Waals surface area (Å²) in [6.45, 7) is 1.60. The van der Waals surface area contributed by atoms with Crippen molar-refractivity contribution < 1.29 is 23.8 Å². The zero-order valence-corrected chi connectivity index (χ0v) is 16.2. The molecule has 1 fully saturated rings. The van der Waals surface area contributed by atoms with Gasteiger partial charge in [-0.2, -0.15) is 0 Å². The molecule has 0 spiro atoms. The van der Waals surface area contributed by atoms with Crippen molar-refractivity contribution in [3.63, 3.8) is 0 Å². The van der Waals surface area contributed by atoms with E-state index in [2.05, 4.69) is 15.5 Å². The third-order valence-electron chi connectivity index (χ3n) is 4.73. The van der Waals surface area contributed by atoms with E-state index in [1.54, 1.807) is 23.1 Å². The molecular formula is C18H20N4O5S. The third kappa shape index (κ3) is 3.92. The number of rotatable bonds is 5. The number of nitrogens with one attached hydrogen (secondary N) is 1. The normalized spacial score (nSPS) is 16.2. The lowest BCUT2D eigenvalue weighted by atomic mass is 9.98. The number of aromatic nitrogens is 2. The summed E-state index contributed by atoms with van der Waals surface area (Å²) in [6, 6.07) is 5.22. The molecule has 9 nitrogen and oxygen atoms in total. The quantitative estimate of drug-likeness (QED) is 0.811. The first-order chi connectivity index (χ1) is 13.6. The van der Waals surface area contributed by atoms with Crippen LogP contribution in [-0.4, -0.2) is 60.5 Å². The molecule has 28 heavy (non-hydrogen) atoms. The highest BCUT2D eigenvalue weighted by Gasteiger charge is 2.27. The molecule has 148 valence electrons. The van der Waals surface area contributed by atoms with Crippen molar-refractivity contribution in [1.82, 2.24) is 15.1 Å². The number of benzene rings is 1. The Kier molecular flexibility index (Phi) is 5.40. The Balaban J connectivity index is 1.35. The van der Waals surface area contributed by atoms with Gasteiger partial charge < -0.3 is 24.4 Å². The molecule has 0 atom stereocenters. The average Bonchev–Trinajstić information content (AvgIpc) is 3.37. The third-order valence-corrected chi connectivity index (χ3v) is 5.81. The van der Waals surface area contributed by atoms with Gasteiger partial charge in [0.05, 0.1) is 0 Å². The first kappa shape index (κ1) is 18.6. The minimum atomic E-state index is -0.310. The Labute approximate surface area is 165 Å². The summed E-state index contributed by atoms with van der Waals surface area (Å²) >= 11 is 1.29. The maximum absolute atomic E-state index is 12.5. The number of ether oxygens (including phenoxy) is 3. The average molecular weight is 404 g/mol. The lowest BCUT2D eigenvalue weighted by Gasteiger charge is -2.30. The molecule has 2 aliphatic heterocycles. The Morgan fingerprint density at radius 3 is 2.82 bits per heavy atom. The number of piperidine rings is 1. The molecule has 2 aliphatic rings. The fraction of sp³-hybridized carbons (Fsp3) is 0.444. The smallest absolute Gasteiger partial charge is 0.286 e. The number of likely N-dealkylation sites (tertiary alicyclic amines) is 1. The van der Waals surface area contributed by atoms with E-state index in [1.165, 1.54) is 18.4 Å². The molecule has 3 heterocycles. The second-order valence-corrected chi connectivity index (χ2v) is 7.56. The summed E-state index contributed by atoms with van der Waals surface area (Å²) in [7, 11) is 1.52. The molecular weight excluding hydrogens is 384 g/mol. The van der Waals surface area contributed by atoms with Crippen LogP contribution in [-0.2, 0) is 9.53 Å². The van der Waals surface area contributed by atoms with Crippen LogP contribution in [0, 0.1) is 0 Å². The molecule has 0 radical (unpaired) electrons. The van der Waals surface area contributed by atoms with Crippen molar-refractivity contribution in [2.75, 3.05) is 38.9 Å². The van der Waals surface area contributed by atoms with Crippen molar-refractivity contribution in [1.29, 1.82) is 0 Å². The van der Waals surface area contributed by atoms with Gasteiger partial charge in [-0.15, -0.1) is 10.2 Å². The number of hydrogen-bond donors (Lipinski definition) is 1. The van der Waals surface area contributed by atoms with E-state index in [-0.39, 0.29) is 31.1 Å².